The van der Waals surface area contributed by atoms with E-state index >= 15 is 0 Å². The monoisotopic (exact) mass is 324 g/mol. The van der Waals surface area contributed by atoms with Crippen molar-refractivity contribution >= 4 is 32.5 Å². The normalized spacial score (nSPS) is 19.4. The Labute approximate surface area is 118 Å². The second-order valence-electron chi connectivity index (χ2n) is 4.40. The summed E-state index contributed by atoms with van der Waals surface area (Å²) < 4.78 is 5.56. The van der Waals surface area contributed by atoms with Gasteiger partial charge in [0.2, 0.25) is 0 Å². The summed E-state index contributed by atoms with van der Waals surface area (Å²) in [6.45, 7) is 1.60. The van der Waals surface area contributed by atoms with Crippen LogP contribution in [0.3, 0.4) is 0 Å². The molecule has 1 N–H and O–H groups in total. The largest absolute Gasteiger partial charge is 0.391 e. The molecule has 0 saturated carbocycles. The molecule has 5 heteroatoms. The molecule has 1 saturated heterocycles. The number of halogens is 1. The quantitative estimate of drug-likeness (QED) is 0.921. The zero-order valence-electron chi connectivity index (χ0n) is 9.71. The predicted molar refractivity (Wildman–Crippen MR) is 78.1 cm³/mol. The molecule has 1 fully saturated rings. The van der Waals surface area contributed by atoms with Crippen molar-refractivity contribution in [2.24, 2.45) is 0 Å². The fourth-order valence-electron chi connectivity index (χ4n) is 2.17. The fourth-order valence-corrected chi connectivity index (χ4v) is 3.90. The third-order valence-corrected chi connectivity index (χ3v) is 5.04. The van der Waals surface area contributed by atoms with Gasteiger partial charge in [-0.3, -0.25) is 0 Å². The van der Waals surface area contributed by atoms with E-state index in [1.807, 2.05) is 18.2 Å². The molecule has 0 amide bonds. The molecule has 0 radical (unpaired) electrons. The van der Waals surface area contributed by atoms with Crippen LogP contribution < -0.4 is 4.90 Å². The van der Waals surface area contributed by atoms with Crippen LogP contribution in [0.25, 0.3) is 11.3 Å². The molecule has 1 aliphatic rings. The molecule has 1 atom stereocenters. The van der Waals surface area contributed by atoms with Crippen molar-refractivity contribution in [1.82, 2.24) is 4.37 Å². The van der Waals surface area contributed by atoms with E-state index in [1.165, 1.54) is 11.5 Å². The Morgan fingerprint density at radius 1 is 1.33 bits per heavy atom. The van der Waals surface area contributed by atoms with Crippen molar-refractivity contribution in [1.29, 1.82) is 0 Å². The van der Waals surface area contributed by atoms with Gasteiger partial charge in [-0.25, -0.2) is 0 Å². The lowest BCUT2D eigenvalue weighted by Crippen LogP contribution is -2.20. The van der Waals surface area contributed by atoms with Crippen molar-refractivity contribution in [2.75, 3.05) is 18.0 Å². The van der Waals surface area contributed by atoms with E-state index in [0.29, 0.717) is 6.54 Å². The van der Waals surface area contributed by atoms with Crippen LogP contribution in [0, 0.1) is 0 Å². The van der Waals surface area contributed by atoms with Crippen LogP contribution in [0.1, 0.15) is 6.42 Å². The van der Waals surface area contributed by atoms with Crippen molar-refractivity contribution in [2.45, 2.75) is 12.5 Å². The Kier molecular flexibility index (Phi) is 3.37. The number of hydrogen-bond acceptors (Lipinski definition) is 4. The SMILES string of the molecule is O[C@H]1CCN(c2snc(-c3ccccc3)c2Br)C1. The van der Waals surface area contributed by atoms with Crippen molar-refractivity contribution in [3.8, 4) is 11.3 Å². The van der Waals surface area contributed by atoms with Gasteiger partial charge in [0, 0.05) is 18.7 Å². The standard InChI is InChI=1S/C13H13BrN2OS/c14-11-12(9-4-2-1-3-5-9)15-18-13(11)16-7-6-10(17)8-16/h1-5,10,17H,6-8H2/t10-/m0/s1. The van der Waals surface area contributed by atoms with Crippen LogP contribution in [0.2, 0.25) is 0 Å². The lowest BCUT2D eigenvalue weighted by molar-refractivity contribution is 0.198. The minimum atomic E-state index is -0.209. The number of hydrogen-bond donors (Lipinski definition) is 1. The number of aromatic nitrogens is 1. The van der Waals surface area contributed by atoms with Crippen LogP contribution in [0.4, 0.5) is 5.00 Å². The number of nitrogens with zero attached hydrogens (tertiary/aromatic N) is 2. The van der Waals surface area contributed by atoms with Gasteiger partial charge in [0.05, 0.1) is 10.6 Å². The van der Waals surface area contributed by atoms with Crippen LogP contribution >= 0.6 is 27.5 Å². The lowest BCUT2D eigenvalue weighted by atomic mass is 10.1. The van der Waals surface area contributed by atoms with E-state index < -0.39 is 0 Å². The topological polar surface area (TPSA) is 36.4 Å². The predicted octanol–water partition coefficient (Wildman–Crippen LogP) is 3.14. The smallest absolute Gasteiger partial charge is 0.127 e. The molecule has 18 heavy (non-hydrogen) atoms. The summed E-state index contributed by atoms with van der Waals surface area (Å²) >= 11 is 5.13. The van der Waals surface area contributed by atoms with E-state index in [-0.39, 0.29) is 6.10 Å². The van der Waals surface area contributed by atoms with Gasteiger partial charge in [-0.1, -0.05) is 30.3 Å². The summed E-state index contributed by atoms with van der Waals surface area (Å²) in [5.74, 6) is 0. The molecular weight excluding hydrogens is 312 g/mol. The first-order chi connectivity index (χ1) is 8.75. The molecule has 0 aliphatic carbocycles. The number of aliphatic hydroxyl groups is 1. The van der Waals surface area contributed by atoms with Crippen LogP contribution in [-0.2, 0) is 0 Å². The Bertz CT molecular complexity index is 543. The van der Waals surface area contributed by atoms with Crippen molar-refractivity contribution in [3.63, 3.8) is 0 Å². The summed E-state index contributed by atoms with van der Waals surface area (Å²) in [5, 5.41) is 10.7. The zero-order chi connectivity index (χ0) is 12.5. The zero-order valence-corrected chi connectivity index (χ0v) is 12.1. The van der Waals surface area contributed by atoms with Gasteiger partial charge in [-0.15, -0.1) is 0 Å². The fraction of sp³-hybridized carbons (Fsp3) is 0.308. The summed E-state index contributed by atoms with van der Waals surface area (Å²) in [6.07, 6.45) is 0.629. The minimum Gasteiger partial charge on any atom is -0.391 e. The van der Waals surface area contributed by atoms with E-state index in [0.717, 1.165) is 33.7 Å². The molecule has 2 heterocycles. The molecule has 1 aromatic heterocycles. The Balaban J connectivity index is 1.93. The third kappa shape index (κ3) is 2.18. The van der Waals surface area contributed by atoms with Gasteiger partial charge in [-0.05, 0) is 33.9 Å². The number of anilines is 1. The Morgan fingerprint density at radius 2 is 2.11 bits per heavy atom. The van der Waals surface area contributed by atoms with E-state index in [1.54, 1.807) is 0 Å². The van der Waals surface area contributed by atoms with Crippen LogP contribution in [0.5, 0.6) is 0 Å². The van der Waals surface area contributed by atoms with Gasteiger partial charge < -0.3 is 10.0 Å². The summed E-state index contributed by atoms with van der Waals surface area (Å²) in [5.41, 5.74) is 2.10. The first kappa shape index (κ1) is 12.1. The van der Waals surface area contributed by atoms with Crippen LogP contribution in [-0.4, -0.2) is 28.7 Å². The highest BCUT2D eigenvalue weighted by Gasteiger charge is 2.25. The van der Waals surface area contributed by atoms with Gasteiger partial charge in [-0.2, -0.15) is 4.37 Å². The van der Waals surface area contributed by atoms with Crippen LogP contribution in [0.15, 0.2) is 34.8 Å². The number of aliphatic hydroxyl groups excluding tert-OH is 1. The first-order valence-electron chi connectivity index (χ1n) is 5.89. The number of benzene rings is 1. The first-order valence-corrected chi connectivity index (χ1v) is 7.46. The lowest BCUT2D eigenvalue weighted by Gasteiger charge is -2.15. The highest BCUT2D eigenvalue weighted by Crippen LogP contribution is 2.40. The maximum Gasteiger partial charge on any atom is 0.127 e. The molecule has 0 spiro atoms. The minimum absolute atomic E-state index is 0.209. The van der Waals surface area contributed by atoms with E-state index in [4.69, 9.17) is 0 Å². The molecule has 1 aromatic carbocycles. The third-order valence-electron chi connectivity index (χ3n) is 3.12. The van der Waals surface area contributed by atoms with E-state index in [2.05, 4.69) is 37.3 Å². The highest BCUT2D eigenvalue weighted by molar-refractivity contribution is 9.10. The van der Waals surface area contributed by atoms with E-state index in [9.17, 15) is 5.11 Å². The van der Waals surface area contributed by atoms with Gasteiger partial charge >= 0.3 is 0 Å². The maximum absolute atomic E-state index is 9.60. The second-order valence-corrected chi connectivity index (χ2v) is 5.95. The molecule has 1 aliphatic heterocycles. The summed E-state index contributed by atoms with van der Waals surface area (Å²) in [7, 11) is 0. The van der Waals surface area contributed by atoms with Gasteiger partial charge in [0.25, 0.3) is 0 Å². The van der Waals surface area contributed by atoms with Crippen molar-refractivity contribution < 1.29 is 5.11 Å². The molecule has 0 bridgehead atoms. The number of β-amino-alcohol motifs (C(OH)–C–C–N with tert-alkyl or cyclic N) is 1. The molecule has 3 nitrogen and oxygen atoms in total. The average molecular weight is 325 g/mol. The second kappa shape index (κ2) is 4.99. The Hall–Kier alpha value is -0.910. The molecular formula is C13H13BrN2OS. The molecule has 94 valence electrons. The maximum atomic E-state index is 9.60. The molecule has 2 aromatic rings. The number of rotatable bonds is 2. The van der Waals surface area contributed by atoms with Gasteiger partial charge in [0.1, 0.15) is 10.7 Å². The Morgan fingerprint density at radius 3 is 2.78 bits per heavy atom. The highest BCUT2D eigenvalue weighted by atomic mass is 79.9. The van der Waals surface area contributed by atoms with Crippen molar-refractivity contribution in [3.05, 3.63) is 34.8 Å². The molecule has 0 unspecified atom stereocenters. The summed E-state index contributed by atoms with van der Waals surface area (Å²) in [6, 6.07) is 10.1. The van der Waals surface area contributed by atoms with Gasteiger partial charge in [0.15, 0.2) is 0 Å². The average Bonchev–Trinajstić information content (AvgIpc) is 2.97. The summed E-state index contributed by atoms with van der Waals surface area (Å²) in [4.78, 5) is 2.19. The molecule has 3 rings (SSSR count).